The minimum Gasteiger partial charge on any atom is -0.504 e. The third kappa shape index (κ3) is 1.78. The van der Waals surface area contributed by atoms with Crippen LogP contribution in [-0.2, 0) is 11.8 Å². The molecule has 2 heterocycles. The highest BCUT2D eigenvalue weighted by Gasteiger charge is 2.82. The Hall–Kier alpha value is -1.44. The molecule has 5 nitrogen and oxygen atoms in total. The summed E-state index contributed by atoms with van der Waals surface area (Å²) in [6.07, 6.45) is 2.64. The predicted molar refractivity (Wildman–Crippen MR) is 98.0 cm³/mol. The molecule has 5 atom stereocenters. The largest absolute Gasteiger partial charge is 0.504 e. The Morgan fingerprint density at radius 2 is 2.07 bits per heavy atom. The molecule has 1 spiro atoms. The van der Waals surface area contributed by atoms with E-state index in [1.807, 2.05) is 4.90 Å². The lowest BCUT2D eigenvalue weighted by molar-refractivity contribution is -0.284. The van der Waals surface area contributed by atoms with Crippen LogP contribution < -0.4 is 10.1 Å². The zero-order valence-corrected chi connectivity index (χ0v) is 15.9. The number of rotatable bonds is 3. The van der Waals surface area contributed by atoms with Gasteiger partial charge in [0.05, 0.1) is 12.1 Å². The van der Waals surface area contributed by atoms with Crippen LogP contribution in [0.4, 0.5) is 8.78 Å². The van der Waals surface area contributed by atoms with Crippen molar-refractivity contribution in [3.05, 3.63) is 23.3 Å². The highest BCUT2D eigenvalue weighted by molar-refractivity contribution is 5.64. The lowest BCUT2D eigenvalue weighted by Crippen LogP contribution is -2.84. The van der Waals surface area contributed by atoms with E-state index >= 15 is 8.78 Å². The molecular weight excluding hydrogens is 366 g/mol. The number of likely N-dealkylation sites (tertiary alicyclic amines) is 1. The highest BCUT2D eigenvalue weighted by atomic mass is 19.3. The number of aromatic hydroxyl groups is 1. The Kier molecular flexibility index (Phi) is 3.22. The number of hydrogen-bond acceptors (Lipinski definition) is 5. The first-order valence-corrected chi connectivity index (χ1v) is 10.4. The summed E-state index contributed by atoms with van der Waals surface area (Å²) in [5.41, 5.74) is -2.26. The first kappa shape index (κ1) is 17.4. The van der Waals surface area contributed by atoms with Crippen molar-refractivity contribution < 1.29 is 23.7 Å². The highest BCUT2D eigenvalue weighted by Crippen LogP contribution is 2.69. The van der Waals surface area contributed by atoms with Crippen LogP contribution in [0, 0.1) is 5.92 Å². The summed E-state index contributed by atoms with van der Waals surface area (Å²) in [4.78, 5) is 1.85. The van der Waals surface area contributed by atoms with Crippen molar-refractivity contribution in [2.75, 3.05) is 20.1 Å². The molecular formula is C21H26F2N2O3. The monoisotopic (exact) mass is 392 g/mol. The van der Waals surface area contributed by atoms with Crippen LogP contribution in [0.3, 0.4) is 0 Å². The smallest absolute Gasteiger partial charge is 0.276 e. The van der Waals surface area contributed by atoms with E-state index in [1.165, 1.54) is 0 Å². The molecule has 6 rings (SSSR count). The normalized spacial score (nSPS) is 42.8. The van der Waals surface area contributed by atoms with E-state index in [9.17, 15) is 10.2 Å². The number of alkyl halides is 2. The van der Waals surface area contributed by atoms with Crippen LogP contribution in [0.1, 0.15) is 36.8 Å². The van der Waals surface area contributed by atoms with Crippen molar-refractivity contribution in [2.45, 2.75) is 67.2 Å². The van der Waals surface area contributed by atoms with Crippen molar-refractivity contribution in [3.63, 3.8) is 0 Å². The van der Waals surface area contributed by atoms with Crippen molar-refractivity contribution in [1.82, 2.24) is 10.2 Å². The van der Waals surface area contributed by atoms with Crippen molar-refractivity contribution in [2.24, 2.45) is 5.92 Å². The van der Waals surface area contributed by atoms with Gasteiger partial charge >= 0.3 is 0 Å². The quantitative estimate of drug-likeness (QED) is 0.732. The van der Waals surface area contributed by atoms with Gasteiger partial charge in [0.25, 0.3) is 5.92 Å². The lowest BCUT2D eigenvalue weighted by atomic mass is 9.47. The molecule has 0 aromatic heterocycles. The number of nitrogens with one attached hydrogen (secondary N) is 1. The number of ether oxygens (including phenoxy) is 1. The van der Waals surface area contributed by atoms with Gasteiger partial charge in [-0.15, -0.1) is 0 Å². The summed E-state index contributed by atoms with van der Waals surface area (Å²) in [6.45, 7) is 0.265. The van der Waals surface area contributed by atoms with Crippen molar-refractivity contribution in [3.8, 4) is 11.5 Å². The third-order valence-corrected chi connectivity index (χ3v) is 8.12. The van der Waals surface area contributed by atoms with Gasteiger partial charge in [-0.25, -0.2) is 8.78 Å². The molecule has 7 heteroatoms. The summed E-state index contributed by atoms with van der Waals surface area (Å²) >= 11 is 0. The predicted octanol–water partition coefficient (Wildman–Crippen LogP) is 1.79. The maximum absolute atomic E-state index is 16.2. The molecule has 28 heavy (non-hydrogen) atoms. The number of nitrogens with zero attached hydrogens (tertiary/aromatic N) is 1. The molecule has 5 aliphatic rings. The molecule has 0 unspecified atom stereocenters. The fourth-order valence-electron chi connectivity index (χ4n) is 6.82. The molecule has 152 valence electrons. The zero-order valence-electron chi connectivity index (χ0n) is 15.9. The van der Waals surface area contributed by atoms with E-state index in [2.05, 4.69) is 5.32 Å². The summed E-state index contributed by atoms with van der Waals surface area (Å²) in [6, 6.07) is 2.63. The Labute approximate surface area is 162 Å². The number of likely N-dealkylation sites (N-methyl/N-ethyl adjacent to an activating group) is 1. The number of aliphatic hydroxyl groups is 1. The SMILES string of the molecule is CN[C@@H]1CC[C@@]2(O)[C@H]3Cc4ccc(O)c5c4[C@]2([C@H]1O5)C(F)(F)CN3CC1CC1. The second-order valence-corrected chi connectivity index (χ2v) is 9.45. The van der Waals surface area contributed by atoms with Gasteiger partial charge in [0, 0.05) is 24.2 Å². The number of phenols is 1. The van der Waals surface area contributed by atoms with Crippen LogP contribution in [-0.4, -0.2) is 65.0 Å². The Balaban J connectivity index is 1.63. The van der Waals surface area contributed by atoms with Gasteiger partial charge in [-0.2, -0.15) is 0 Å². The minimum absolute atomic E-state index is 0.116. The van der Waals surface area contributed by atoms with Crippen LogP contribution in [0.25, 0.3) is 0 Å². The molecule has 2 bridgehead atoms. The van der Waals surface area contributed by atoms with Gasteiger partial charge in [-0.3, -0.25) is 4.90 Å². The third-order valence-electron chi connectivity index (χ3n) is 8.12. The van der Waals surface area contributed by atoms with Crippen LogP contribution in [0.5, 0.6) is 11.5 Å². The minimum atomic E-state index is -3.17. The zero-order chi connectivity index (χ0) is 19.5. The number of piperidine rings is 1. The van der Waals surface area contributed by atoms with E-state index in [-0.39, 0.29) is 30.1 Å². The summed E-state index contributed by atoms with van der Waals surface area (Å²) in [7, 11) is 1.75. The van der Waals surface area contributed by atoms with E-state index in [0.717, 1.165) is 18.4 Å². The van der Waals surface area contributed by atoms with Gasteiger partial charge < -0.3 is 20.3 Å². The Morgan fingerprint density at radius 3 is 2.79 bits per heavy atom. The van der Waals surface area contributed by atoms with Gasteiger partial charge in [0.15, 0.2) is 11.5 Å². The molecule has 1 saturated heterocycles. The van der Waals surface area contributed by atoms with E-state index in [1.54, 1.807) is 19.2 Å². The summed E-state index contributed by atoms with van der Waals surface area (Å²) in [5, 5.41) is 25.6. The second kappa shape index (κ2) is 5.18. The molecule has 3 N–H and O–H groups in total. The van der Waals surface area contributed by atoms with E-state index < -0.39 is 23.0 Å². The Bertz CT molecular complexity index is 860. The number of hydrogen-bond donors (Lipinski definition) is 3. The summed E-state index contributed by atoms with van der Waals surface area (Å²) in [5.74, 6) is -2.66. The van der Waals surface area contributed by atoms with Gasteiger partial charge in [0.2, 0.25) is 0 Å². The fraction of sp³-hybridized carbons (Fsp3) is 0.714. The first-order chi connectivity index (χ1) is 13.3. The standard InChI is InChI=1S/C21H26F2N2O3/c1-24-13-6-7-19(27)15-8-12-4-5-14(26)17-16(12)21(19,18(13)28-17)20(22,23)10-25(15)9-11-2-3-11/h4-5,11,13,15,18,24,26-27H,2-3,6-10H2,1H3/t13-,15-,18+,19-,21-/m1/s1. The second-order valence-electron chi connectivity index (χ2n) is 9.45. The number of benzene rings is 1. The van der Waals surface area contributed by atoms with Crippen LogP contribution in [0.15, 0.2) is 12.1 Å². The van der Waals surface area contributed by atoms with Gasteiger partial charge in [0.1, 0.15) is 11.5 Å². The number of phenolic OH excluding ortho intramolecular Hbond substituents is 1. The summed E-state index contributed by atoms with van der Waals surface area (Å²) < 4.78 is 38.4. The van der Waals surface area contributed by atoms with Gasteiger partial charge in [-0.05, 0) is 56.7 Å². The molecule has 3 fully saturated rings. The molecule has 1 aromatic carbocycles. The van der Waals surface area contributed by atoms with Crippen molar-refractivity contribution >= 4 is 0 Å². The van der Waals surface area contributed by atoms with Gasteiger partial charge in [-0.1, -0.05) is 6.07 Å². The Morgan fingerprint density at radius 1 is 1.29 bits per heavy atom. The topological polar surface area (TPSA) is 65.0 Å². The molecule has 2 saturated carbocycles. The lowest BCUT2D eigenvalue weighted by Gasteiger charge is -2.66. The molecule has 2 aliphatic heterocycles. The van der Waals surface area contributed by atoms with E-state index in [4.69, 9.17) is 4.74 Å². The number of halogens is 2. The fourth-order valence-corrected chi connectivity index (χ4v) is 6.82. The van der Waals surface area contributed by atoms with E-state index in [0.29, 0.717) is 37.3 Å². The molecule has 0 amide bonds. The molecule has 0 radical (unpaired) electrons. The maximum Gasteiger partial charge on any atom is 0.276 e. The average Bonchev–Trinajstić information content (AvgIpc) is 3.37. The maximum atomic E-state index is 16.2. The van der Waals surface area contributed by atoms with Crippen LogP contribution in [0.2, 0.25) is 0 Å². The first-order valence-electron chi connectivity index (χ1n) is 10.4. The van der Waals surface area contributed by atoms with Crippen molar-refractivity contribution in [1.29, 1.82) is 0 Å². The van der Waals surface area contributed by atoms with Crippen LogP contribution >= 0.6 is 0 Å². The average molecular weight is 392 g/mol. The molecule has 1 aromatic rings. The molecule has 3 aliphatic carbocycles.